The average Bonchev–Trinajstić information content (AvgIpc) is 2.43. The molecule has 0 amide bonds. The van der Waals surface area contributed by atoms with Crippen LogP contribution in [0, 0.1) is 0 Å². The summed E-state index contributed by atoms with van der Waals surface area (Å²) in [5, 5.41) is 9.18. The van der Waals surface area contributed by atoms with Crippen LogP contribution in [0.5, 0.6) is 0 Å². The molecule has 0 heterocycles. The minimum atomic E-state index is 0.168. The molecule has 0 saturated carbocycles. The molecule has 0 aliphatic rings. The minimum absolute atomic E-state index is 0.168. The number of aliphatic hydroxyl groups excluding tert-OH is 1. The Hall–Kier alpha value is -1.84. The smallest absolute Gasteiger partial charge is 0.0558 e. The van der Waals surface area contributed by atoms with E-state index in [1.807, 2.05) is 42.5 Å². The molecule has 0 saturated heterocycles. The van der Waals surface area contributed by atoms with Crippen molar-refractivity contribution in [2.45, 2.75) is 13.1 Å². The molecule has 0 radical (unpaired) electrons. The summed E-state index contributed by atoms with van der Waals surface area (Å²) in [6, 6.07) is 18.2. The molecule has 3 heteroatoms. The summed E-state index contributed by atoms with van der Waals surface area (Å²) < 4.78 is 0. The third kappa shape index (κ3) is 4.39. The Morgan fingerprint density at radius 3 is 2.00 bits per heavy atom. The molecule has 0 aromatic heterocycles. The van der Waals surface area contributed by atoms with E-state index in [2.05, 4.69) is 17.0 Å². The standard InChI is InChI=1S/C16H20N2O/c17-16-8-6-15(7-9-16)13-18(10-11-19)12-14-4-2-1-3-5-14/h1-9,19H,10-13,17H2. The Bertz CT molecular complexity index is 482. The lowest BCUT2D eigenvalue weighted by Gasteiger charge is -2.21. The number of nitrogens with zero attached hydrogens (tertiary/aromatic N) is 1. The second-order valence-electron chi connectivity index (χ2n) is 4.66. The molecule has 3 N–H and O–H groups in total. The van der Waals surface area contributed by atoms with Gasteiger partial charge in [0.2, 0.25) is 0 Å². The van der Waals surface area contributed by atoms with Gasteiger partial charge in [-0.1, -0.05) is 42.5 Å². The maximum absolute atomic E-state index is 9.18. The van der Waals surface area contributed by atoms with Gasteiger partial charge in [0.15, 0.2) is 0 Å². The lowest BCUT2D eigenvalue weighted by atomic mass is 10.1. The molecule has 3 nitrogen and oxygen atoms in total. The maximum Gasteiger partial charge on any atom is 0.0558 e. The zero-order valence-corrected chi connectivity index (χ0v) is 11.0. The molecule has 19 heavy (non-hydrogen) atoms. The predicted molar refractivity (Wildman–Crippen MR) is 78.5 cm³/mol. The minimum Gasteiger partial charge on any atom is -0.399 e. The van der Waals surface area contributed by atoms with Gasteiger partial charge in [0, 0.05) is 25.3 Å². The van der Waals surface area contributed by atoms with Gasteiger partial charge in [-0.25, -0.2) is 0 Å². The highest BCUT2D eigenvalue weighted by Gasteiger charge is 2.06. The van der Waals surface area contributed by atoms with E-state index in [1.54, 1.807) is 0 Å². The summed E-state index contributed by atoms with van der Waals surface area (Å²) in [7, 11) is 0. The normalized spacial score (nSPS) is 10.8. The quantitative estimate of drug-likeness (QED) is 0.779. The van der Waals surface area contributed by atoms with Crippen molar-refractivity contribution in [3.05, 3.63) is 65.7 Å². The lowest BCUT2D eigenvalue weighted by molar-refractivity contribution is 0.184. The fourth-order valence-corrected chi connectivity index (χ4v) is 2.08. The van der Waals surface area contributed by atoms with Crippen LogP contribution in [0.3, 0.4) is 0 Å². The number of aliphatic hydroxyl groups is 1. The van der Waals surface area contributed by atoms with Crippen molar-refractivity contribution in [1.29, 1.82) is 0 Å². The molecule has 0 atom stereocenters. The van der Waals surface area contributed by atoms with E-state index in [1.165, 1.54) is 11.1 Å². The van der Waals surface area contributed by atoms with E-state index in [4.69, 9.17) is 5.73 Å². The van der Waals surface area contributed by atoms with Crippen LogP contribution in [0.15, 0.2) is 54.6 Å². The van der Waals surface area contributed by atoms with Crippen molar-refractivity contribution in [2.75, 3.05) is 18.9 Å². The van der Waals surface area contributed by atoms with E-state index >= 15 is 0 Å². The first-order chi connectivity index (χ1) is 9.28. The van der Waals surface area contributed by atoms with Gasteiger partial charge in [0.1, 0.15) is 0 Å². The molecular weight excluding hydrogens is 236 g/mol. The van der Waals surface area contributed by atoms with Gasteiger partial charge < -0.3 is 10.8 Å². The van der Waals surface area contributed by atoms with Gasteiger partial charge in [0.25, 0.3) is 0 Å². The summed E-state index contributed by atoms with van der Waals surface area (Å²) >= 11 is 0. The first-order valence-electron chi connectivity index (χ1n) is 6.49. The zero-order valence-electron chi connectivity index (χ0n) is 11.0. The SMILES string of the molecule is Nc1ccc(CN(CCO)Cc2ccccc2)cc1. The van der Waals surface area contributed by atoms with Crippen molar-refractivity contribution >= 4 is 5.69 Å². The Balaban J connectivity index is 2.01. The average molecular weight is 256 g/mol. The van der Waals surface area contributed by atoms with Gasteiger partial charge in [-0.2, -0.15) is 0 Å². The number of nitrogen functional groups attached to an aromatic ring is 1. The molecule has 0 unspecified atom stereocenters. The molecule has 2 aromatic carbocycles. The maximum atomic E-state index is 9.18. The van der Waals surface area contributed by atoms with Crippen LogP contribution in [-0.4, -0.2) is 23.2 Å². The van der Waals surface area contributed by atoms with Gasteiger partial charge in [0.05, 0.1) is 6.61 Å². The second-order valence-corrected chi connectivity index (χ2v) is 4.66. The molecule has 0 fully saturated rings. The van der Waals surface area contributed by atoms with Crippen LogP contribution in [-0.2, 0) is 13.1 Å². The number of rotatable bonds is 6. The summed E-state index contributed by atoms with van der Waals surface area (Å²) in [4.78, 5) is 2.22. The monoisotopic (exact) mass is 256 g/mol. The molecule has 2 rings (SSSR count). The Morgan fingerprint density at radius 1 is 0.842 bits per heavy atom. The number of hydrogen-bond donors (Lipinski definition) is 2. The number of benzene rings is 2. The van der Waals surface area contributed by atoms with Gasteiger partial charge in [-0.3, -0.25) is 4.90 Å². The van der Waals surface area contributed by atoms with Crippen LogP contribution < -0.4 is 5.73 Å². The van der Waals surface area contributed by atoms with Gasteiger partial charge in [-0.15, -0.1) is 0 Å². The van der Waals surface area contributed by atoms with Gasteiger partial charge >= 0.3 is 0 Å². The van der Waals surface area contributed by atoms with Crippen molar-refractivity contribution < 1.29 is 5.11 Å². The largest absolute Gasteiger partial charge is 0.399 e. The molecule has 0 aliphatic heterocycles. The lowest BCUT2D eigenvalue weighted by Crippen LogP contribution is -2.26. The van der Waals surface area contributed by atoms with Crippen molar-refractivity contribution in [3.8, 4) is 0 Å². The van der Waals surface area contributed by atoms with Crippen molar-refractivity contribution in [3.63, 3.8) is 0 Å². The number of hydrogen-bond acceptors (Lipinski definition) is 3. The third-order valence-electron chi connectivity index (χ3n) is 3.05. The molecule has 0 spiro atoms. The van der Waals surface area contributed by atoms with Gasteiger partial charge in [-0.05, 0) is 23.3 Å². The highest BCUT2D eigenvalue weighted by molar-refractivity contribution is 5.39. The molecular formula is C16H20N2O. The fourth-order valence-electron chi connectivity index (χ4n) is 2.08. The summed E-state index contributed by atoms with van der Waals surface area (Å²) in [5.41, 5.74) is 8.93. The Morgan fingerprint density at radius 2 is 1.42 bits per heavy atom. The Kier molecular flexibility index (Phi) is 4.95. The summed E-state index contributed by atoms with van der Waals surface area (Å²) in [5.74, 6) is 0. The molecule has 2 aromatic rings. The predicted octanol–water partition coefficient (Wildman–Crippen LogP) is 2.26. The molecule has 0 bridgehead atoms. The van der Waals surface area contributed by atoms with Crippen molar-refractivity contribution in [2.24, 2.45) is 0 Å². The van der Waals surface area contributed by atoms with Crippen LogP contribution in [0.25, 0.3) is 0 Å². The third-order valence-corrected chi connectivity index (χ3v) is 3.05. The highest BCUT2D eigenvalue weighted by Crippen LogP contribution is 2.11. The Labute approximate surface area is 114 Å². The summed E-state index contributed by atoms with van der Waals surface area (Å²) in [6.45, 7) is 2.49. The van der Waals surface area contributed by atoms with E-state index in [-0.39, 0.29) is 6.61 Å². The number of anilines is 1. The highest BCUT2D eigenvalue weighted by atomic mass is 16.3. The van der Waals surface area contributed by atoms with E-state index in [0.29, 0.717) is 6.54 Å². The summed E-state index contributed by atoms with van der Waals surface area (Å²) in [6.07, 6.45) is 0. The zero-order chi connectivity index (χ0) is 13.5. The molecule has 100 valence electrons. The van der Waals surface area contributed by atoms with Crippen LogP contribution in [0.2, 0.25) is 0 Å². The van der Waals surface area contributed by atoms with E-state index < -0.39 is 0 Å². The first-order valence-corrected chi connectivity index (χ1v) is 6.49. The van der Waals surface area contributed by atoms with E-state index in [0.717, 1.165) is 18.8 Å². The topological polar surface area (TPSA) is 49.5 Å². The fraction of sp³-hybridized carbons (Fsp3) is 0.250. The first kappa shape index (κ1) is 13.6. The van der Waals surface area contributed by atoms with Crippen molar-refractivity contribution in [1.82, 2.24) is 4.90 Å². The second kappa shape index (κ2) is 6.92. The van der Waals surface area contributed by atoms with Crippen LogP contribution in [0.1, 0.15) is 11.1 Å². The van der Waals surface area contributed by atoms with E-state index in [9.17, 15) is 5.11 Å². The number of nitrogens with two attached hydrogens (primary N) is 1. The molecule has 0 aliphatic carbocycles. The van der Waals surface area contributed by atoms with Crippen LogP contribution >= 0.6 is 0 Å². The van der Waals surface area contributed by atoms with Crippen LogP contribution in [0.4, 0.5) is 5.69 Å².